The number of amides is 1. The first kappa shape index (κ1) is 16.7. The van der Waals surface area contributed by atoms with Gasteiger partial charge in [-0.2, -0.15) is 0 Å². The number of rotatable bonds is 4. The van der Waals surface area contributed by atoms with Gasteiger partial charge < -0.3 is 20.8 Å². The van der Waals surface area contributed by atoms with Gasteiger partial charge in [-0.3, -0.25) is 9.88 Å². The number of halogens is 1. The number of nitrogens with zero attached hydrogens (tertiary/aromatic N) is 3. The van der Waals surface area contributed by atoms with Gasteiger partial charge in [-0.15, -0.1) is 0 Å². The summed E-state index contributed by atoms with van der Waals surface area (Å²) >= 11 is 0. The Kier molecular flexibility index (Phi) is 4.48. The maximum atomic E-state index is 14.5. The van der Waals surface area contributed by atoms with Crippen molar-refractivity contribution in [2.45, 2.75) is 6.10 Å². The Morgan fingerprint density at radius 3 is 2.80 bits per heavy atom. The number of carbonyl (C=O) groups is 1. The van der Waals surface area contributed by atoms with Crippen LogP contribution < -0.4 is 10.6 Å². The summed E-state index contributed by atoms with van der Waals surface area (Å²) in [6.07, 6.45) is 0.152. The highest BCUT2D eigenvalue weighted by Crippen LogP contribution is 2.28. The third kappa shape index (κ3) is 3.22. The molecule has 0 unspecified atom stereocenters. The van der Waals surface area contributed by atoms with Crippen LogP contribution in [0.3, 0.4) is 0 Å². The molecule has 130 valence electrons. The van der Waals surface area contributed by atoms with Gasteiger partial charge in [0.05, 0.1) is 18.8 Å². The van der Waals surface area contributed by atoms with Crippen LogP contribution in [0.5, 0.6) is 0 Å². The van der Waals surface area contributed by atoms with E-state index in [4.69, 9.17) is 20.8 Å². The van der Waals surface area contributed by atoms with E-state index in [1.165, 1.54) is 29.3 Å². The van der Waals surface area contributed by atoms with Crippen molar-refractivity contribution in [3.8, 4) is 11.1 Å². The zero-order chi connectivity index (χ0) is 18.0. The van der Waals surface area contributed by atoms with Crippen molar-refractivity contribution >= 4 is 17.6 Å². The second-order valence-corrected chi connectivity index (χ2v) is 5.38. The average Bonchev–Trinajstić information content (AvgIpc) is 3.02. The minimum Gasteiger partial charge on any atom is -0.441 e. The van der Waals surface area contributed by atoms with Gasteiger partial charge in [0.25, 0.3) is 0 Å². The summed E-state index contributed by atoms with van der Waals surface area (Å²) in [5.74, 6) is -0.690. The highest BCUT2D eigenvalue weighted by Gasteiger charge is 2.32. The van der Waals surface area contributed by atoms with Gasteiger partial charge in [-0.25, -0.2) is 9.18 Å². The Labute approximate surface area is 142 Å². The molecule has 1 aliphatic heterocycles. The van der Waals surface area contributed by atoms with Crippen LogP contribution in [0.2, 0.25) is 0 Å². The molecule has 0 spiro atoms. The third-order valence-electron chi connectivity index (χ3n) is 3.79. The molecule has 9 heteroatoms. The molecule has 1 fully saturated rings. The van der Waals surface area contributed by atoms with Crippen LogP contribution in [0.25, 0.3) is 11.1 Å². The van der Waals surface area contributed by atoms with Gasteiger partial charge in [0, 0.05) is 17.3 Å². The topological polar surface area (TPSA) is 121 Å². The molecule has 1 aromatic carbocycles. The fraction of sp³-hybridized carbons (Fsp3) is 0.188. The lowest BCUT2D eigenvalue weighted by Gasteiger charge is -2.14. The number of cyclic esters (lactones) is 1. The second kappa shape index (κ2) is 6.73. The molecule has 4 N–H and O–H groups in total. The molecular formula is C16H15FN4O4. The van der Waals surface area contributed by atoms with Crippen molar-refractivity contribution in [2.24, 2.45) is 10.9 Å². The van der Waals surface area contributed by atoms with Crippen LogP contribution in [0, 0.1) is 5.82 Å². The Morgan fingerprint density at radius 1 is 1.44 bits per heavy atom. The second-order valence-electron chi connectivity index (χ2n) is 5.38. The molecule has 0 saturated carbocycles. The normalized spacial score (nSPS) is 17.7. The number of benzene rings is 1. The molecule has 1 saturated heterocycles. The Balaban J connectivity index is 1.86. The minimum atomic E-state index is -0.629. The zero-order valence-corrected chi connectivity index (χ0v) is 13.0. The zero-order valence-electron chi connectivity index (χ0n) is 13.0. The van der Waals surface area contributed by atoms with Crippen LogP contribution in [0.1, 0.15) is 5.69 Å². The highest BCUT2D eigenvalue weighted by atomic mass is 19.1. The van der Waals surface area contributed by atoms with E-state index in [1.54, 1.807) is 12.1 Å². The monoisotopic (exact) mass is 346 g/mol. The molecule has 3 rings (SSSR count). The molecule has 1 aliphatic rings. The number of aliphatic hydroxyl groups excluding tert-OH is 1. The lowest BCUT2D eigenvalue weighted by Crippen LogP contribution is -2.25. The van der Waals surface area contributed by atoms with Gasteiger partial charge in [-0.1, -0.05) is 11.2 Å². The number of hydrogen-bond acceptors (Lipinski definition) is 6. The van der Waals surface area contributed by atoms with Crippen molar-refractivity contribution in [2.75, 3.05) is 18.1 Å². The van der Waals surface area contributed by atoms with E-state index in [0.717, 1.165) is 0 Å². The molecule has 0 radical (unpaired) electrons. The average molecular weight is 346 g/mol. The maximum Gasteiger partial charge on any atom is 0.414 e. The Morgan fingerprint density at radius 2 is 2.24 bits per heavy atom. The van der Waals surface area contributed by atoms with Crippen molar-refractivity contribution in [3.05, 3.63) is 48.0 Å². The summed E-state index contributed by atoms with van der Waals surface area (Å²) in [6, 6.07) is 7.40. The van der Waals surface area contributed by atoms with Gasteiger partial charge in [0.2, 0.25) is 0 Å². The molecule has 0 bridgehead atoms. The first-order valence-electron chi connectivity index (χ1n) is 7.36. The molecule has 8 nitrogen and oxygen atoms in total. The Hall–Kier alpha value is -3.20. The van der Waals surface area contributed by atoms with Gasteiger partial charge in [0.1, 0.15) is 17.6 Å². The summed E-state index contributed by atoms with van der Waals surface area (Å²) in [4.78, 5) is 17.0. The van der Waals surface area contributed by atoms with E-state index in [1.807, 2.05) is 0 Å². The van der Waals surface area contributed by atoms with E-state index in [9.17, 15) is 9.18 Å². The van der Waals surface area contributed by atoms with E-state index in [-0.39, 0.29) is 30.2 Å². The number of anilines is 1. The number of aromatic nitrogens is 1. The summed E-state index contributed by atoms with van der Waals surface area (Å²) in [5.41, 5.74) is 6.82. The SMILES string of the molecule is N/C(=N\O)c1ccc(-c2ccc(N3C[C@H](CO)OC3=O)cc2F)cn1. The fourth-order valence-electron chi connectivity index (χ4n) is 2.49. The van der Waals surface area contributed by atoms with Crippen LogP contribution in [-0.4, -0.2) is 46.5 Å². The number of carbonyl (C=O) groups excluding carboxylic acids is 1. The van der Waals surface area contributed by atoms with E-state index >= 15 is 0 Å². The lowest BCUT2D eigenvalue weighted by molar-refractivity contribution is 0.0963. The van der Waals surface area contributed by atoms with E-state index < -0.39 is 18.0 Å². The molecule has 1 atom stereocenters. The molecular weight excluding hydrogens is 331 g/mol. The van der Waals surface area contributed by atoms with Crippen molar-refractivity contribution < 1.29 is 24.2 Å². The number of nitrogens with two attached hydrogens (primary N) is 1. The van der Waals surface area contributed by atoms with Crippen LogP contribution in [0.15, 0.2) is 41.7 Å². The van der Waals surface area contributed by atoms with Gasteiger partial charge in [-0.05, 0) is 24.3 Å². The van der Waals surface area contributed by atoms with Crippen LogP contribution >= 0.6 is 0 Å². The number of pyridine rings is 1. The van der Waals surface area contributed by atoms with Crippen molar-refractivity contribution in [1.29, 1.82) is 0 Å². The molecule has 1 amide bonds. The fourth-order valence-corrected chi connectivity index (χ4v) is 2.49. The molecule has 2 heterocycles. The summed E-state index contributed by atoms with van der Waals surface area (Å²) in [5, 5.41) is 20.5. The predicted octanol–water partition coefficient (Wildman–Crippen LogP) is 1.30. The largest absolute Gasteiger partial charge is 0.441 e. The molecule has 25 heavy (non-hydrogen) atoms. The van der Waals surface area contributed by atoms with Crippen molar-refractivity contribution in [3.63, 3.8) is 0 Å². The number of aliphatic hydroxyl groups is 1. The quantitative estimate of drug-likeness (QED) is 0.332. The maximum absolute atomic E-state index is 14.5. The van der Waals surface area contributed by atoms with E-state index in [2.05, 4.69) is 10.1 Å². The number of oxime groups is 1. The van der Waals surface area contributed by atoms with Gasteiger partial charge in [0.15, 0.2) is 5.84 Å². The summed E-state index contributed by atoms with van der Waals surface area (Å²) < 4.78 is 19.4. The predicted molar refractivity (Wildman–Crippen MR) is 86.8 cm³/mol. The third-order valence-corrected chi connectivity index (χ3v) is 3.79. The summed E-state index contributed by atoms with van der Waals surface area (Å²) in [7, 11) is 0. The number of ether oxygens (including phenoxy) is 1. The number of hydrogen-bond donors (Lipinski definition) is 3. The first-order chi connectivity index (χ1) is 12.0. The lowest BCUT2D eigenvalue weighted by atomic mass is 10.1. The molecule has 1 aromatic heterocycles. The molecule has 0 aliphatic carbocycles. The number of amidine groups is 1. The first-order valence-corrected chi connectivity index (χ1v) is 7.36. The van der Waals surface area contributed by atoms with Gasteiger partial charge >= 0.3 is 6.09 Å². The van der Waals surface area contributed by atoms with Crippen LogP contribution in [0.4, 0.5) is 14.9 Å². The minimum absolute atomic E-state index is 0.145. The van der Waals surface area contributed by atoms with E-state index in [0.29, 0.717) is 11.3 Å². The summed E-state index contributed by atoms with van der Waals surface area (Å²) in [6.45, 7) is -0.134. The Bertz CT molecular complexity index is 825. The highest BCUT2D eigenvalue weighted by molar-refractivity contribution is 5.95. The standard InChI is InChI=1S/C16H15FN4O4/c17-13-5-10(21-7-11(8-22)25-16(21)23)2-3-12(13)9-1-4-14(19-6-9)15(18)20-24/h1-6,11,22,24H,7-8H2,(H2,18,20)/t11-/m1/s1. The smallest absolute Gasteiger partial charge is 0.414 e. The molecule has 2 aromatic rings. The van der Waals surface area contributed by atoms with Crippen LogP contribution in [-0.2, 0) is 4.74 Å². The van der Waals surface area contributed by atoms with Crippen molar-refractivity contribution in [1.82, 2.24) is 4.98 Å².